The molecule has 0 aromatic heterocycles. The van der Waals surface area contributed by atoms with Gasteiger partial charge in [0.1, 0.15) is 11.5 Å². The Hall–Kier alpha value is -2.69. The molecule has 1 amide bonds. The minimum atomic E-state index is -0.175. The lowest BCUT2D eigenvalue weighted by Gasteiger charge is -2.08. The monoisotopic (exact) mass is 286 g/mol. The number of hydrogen-bond donors (Lipinski definition) is 3. The third kappa shape index (κ3) is 5.06. The number of phenolic OH excluding ortho intramolecular Hbond substituents is 1. The van der Waals surface area contributed by atoms with Crippen LogP contribution in [0, 0.1) is 0 Å². The minimum absolute atomic E-state index is 0.0283. The highest BCUT2D eigenvalue weighted by Gasteiger charge is 2.02. The predicted octanol–water partition coefficient (Wildman–Crippen LogP) is 1.71. The molecule has 110 valence electrons. The fraction of sp³-hybridized carbons (Fsp3) is 0.188. The number of benzene rings is 2. The van der Waals surface area contributed by atoms with E-state index in [1.54, 1.807) is 36.4 Å². The predicted molar refractivity (Wildman–Crippen MR) is 81.2 cm³/mol. The van der Waals surface area contributed by atoms with Gasteiger partial charge in [-0.05, 0) is 48.4 Å². The summed E-state index contributed by atoms with van der Waals surface area (Å²) in [4.78, 5) is 11.6. The summed E-state index contributed by atoms with van der Waals surface area (Å²) >= 11 is 0. The zero-order valence-electron chi connectivity index (χ0n) is 11.6. The number of nitrogens with one attached hydrogen (secondary N) is 1. The number of carbonyl (C=O) groups excluding carboxylic acids is 1. The Morgan fingerprint density at radius 3 is 2.43 bits per heavy atom. The van der Waals surface area contributed by atoms with E-state index in [1.807, 2.05) is 12.1 Å². The standard InChI is InChI=1S/C16H18N2O3/c17-13-3-7-15(8-4-13)21-11-16(20)18-10-9-12-1-5-14(19)6-2-12/h1-8,19H,9-11,17H2,(H,18,20). The van der Waals surface area contributed by atoms with Crippen molar-refractivity contribution in [3.63, 3.8) is 0 Å². The number of phenols is 1. The largest absolute Gasteiger partial charge is 0.508 e. The van der Waals surface area contributed by atoms with Crippen LogP contribution in [0.15, 0.2) is 48.5 Å². The number of ether oxygens (including phenoxy) is 1. The molecule has 0 saturated carbocycles. The molecule has 2 aromatic carbocycles. The summed E-state index contributed by atoms with van der Waals surface area (Å²) in [6.07, 6.45) is 0.702. The normalized spacial score (nSPS) is 10.1. The molecule has 0 atom stereocenters. The molecule has 0 bridgehead atoms. The summed E-state index contributed by atoms with van der Waals surface area (Å²) in [7, 11) is 0. The number of anilines is 1. The van der Waals surface area contributed by atoms with Crippen molar-refractivity contribution in [2.45, 2.75) is 6.42 Å². The molecule has 0 radical (unpaired) electrons. The van der Waals surface area contributed by atoms with Gasteiger partial charge in [0, 0.05) is 12.2 Å². The summed E-state index contributed by atoms with van der Waals surface area (Å²) in [5.74, 6) is 0.670. The van der Waals surface area contributed by atoms with Crippen LogP contribution in [0.1, 0.15) is 5.56 Å². The lowest BCUT2D eigenvalue weighted by atomic mass is 10.1. The van der Waals surface area contributed by atoms with Gasteiger partial charge >= 0.3 is 0 Å². The fourth-order valence-corrected chi connectivity index (χ4v) is 1.77. The first-order valence-corrected chi connectivity index (χ1v) is 6.66. The average Bonchev–Trinajstić information content (AvgIpc) is 2.49. The molecule has 0 aliphatic heterocycles. The highest BCUT2D eigenvalue weighted by atomic mass is 16.5. The van der Waals surface area contributed by atoms with Gasteiger partial charge in [-0.2, -0.15) is 0 Å². The van der Waals surface area contributed by atoms with E-state index in [0.717, 1.165) is 5.56 Å². The van der Waals surface area contributed by atoms with Crippen LogP contribution in [0.3, 0.4) is 0 Å². The molecule has 0 aliphatic rings. The van der Waals surface area contributed by atoms with Crippen molar-refractivity contribution in [3.05, 3.63) is 54.1 Å². The summed E-state index contributed by atoms with van der Waals surface area (Å²) < 4.78 is 5.34. The number of nitrogens with two attached hydrogens (primary N) is 1. The van der Waals surface area contributed by atoms with Crippen LogP contribution >= 0.6 is 0 Å². The molecule has 0 unspecified atom stereocenters. The van der Waals surface area contributed by atoms with E-state index >= 15 is 0 Å². The van der Waals surface area contributed by atoms with E-state index in [4.69, 9.17) is 10.5 Å². The highest BCUT2D eigenvalue weighted by molar-refractivity contribution is 5.77. The van der Waals surface area contributed by atoms with Crippen LogP contribution in [0.4, 0.5) is 5.69 Å². The first-order valence-electron chi connectivity index (χ1n) is 6.66. The molecule has 5 heteroatoms. The van der Waals surface area contributed by atoms with Crippen LogP contribution in [0.5, 0.6) is 11.5 Å². The van der Waals surface area contributed by atoms with Crippen LogP contribution in [-0.2, 0) is 11.2 Å². The molecule has 0 heterocycles. The second-order valence-electron chi connectivity index (χ2n) is 4.62. The smallest absolute Gasteiger partial charge is 0.257 e. The highest BCUT2D eigenvalue weighted by Crippen LogP contribution is 2.12. The Bertz CT molecular complexity index is 579. The maximum absolute atomic E-state index is 11.6. The summed E-state index contributed by atoms with van der Waals surface area (Å²) in [5.41, 5.74) is 7.26. The van der Waals surface area contributed by atoms with Crippen molar-refractivity contribution in [2.24, 2.45) is 0 Å². The van der Waals surface area contributed by atoms with Crippen LogP contribution in [0.25, 0.3) is 0 Å². The van der Waals surface area contributed by atoms with E-state index in [-0.39, 0.29) is 18.3 Å². The number of nitrogen functional groups attached to an aromatic ring is 1. The van der Waals surface area contributed by atoms with Gasteiger partial charge in [0.2, 0.25) is 0 Å². The second kappa shape index (κ2) is 7.19. The van der Waals surface area contributed by atoms with Gasteiger partial charge in [0.05, 0.1) is 0 Å². The molecule has 21 heavy (non-hydrogen) atoms. The Morgan fingerprint density at radius 1 is 1.10 bits per heavy atom. The third-order valence-electron chi connectivity index (χ3n) is 2.92. The van der Waals surface area contributed by atoms with Crippen molar-refractivity contribution in [3.8, 4) is 11.5 Å². The molecule has 2 rings (SSSR count). The van der Waals surface area contributed by atoms with Gasteiger partial charge < -0.3 is 20.9 Å². The van der Waals surface area contributed by atoms with Gasteiger partial charge in [-0.3, -0.25) is 4.79 Å². The van der Waals surface area contributed by atoms with Crippen molar-refractivity contribution < 1.29 is 14.6 Å². The SMILES string of the molecule is Nc1ccc(OCC(=O)NCCc2ccc(O)cc2)cc1. The zero-order valence-corrected chi connectivity index (χ0v) is 11.6. The molecule has 4 N–H and O–H groups in total. The Balaban J connectivity index is 1.67. The van der Waals surface area contributed by atoms with Crippen LogP contribution in [0.2, 0.25) is 0 Å². The van der Waals surface area contributed by atoms with E-state index in [0.29, 0.717) is 24.4 Å². The number of amides is 1. The maximum Gasteiger partial charge on any atom is 0.257 e. The lowest BCUT2D eigenvalue weighted by molar-refractivity contribution is -0.123. The van der Waals surface area contributed by atoms with Gasteiger partial charge in [-0.15, -0.1) is 0 Å². The molecule has 0 aliphatic carbocycles. The Kier molecular flexibility index (Phi) is 5.04. The number of rotatable bonds is 6. The fourth-order valence-electron chi connectivity index (χ4n) is 1.77. The summed E-state index contributed by atoms with van der Waals surface area (Å²) in [5, 5.41) is 11.9. The zero-order chi connectivity index (χ0) is 15.1. The van der Waals surface area contributed by atoms with Gasteiger partial charge in [-0.25, -0.2) is 0 Å². The van der Waals surface area contributed by atoms with Crippen molar-refractivity contribution in [1.82, 2.24) is 5.32 Å². The van der Waals surface area contributed by atoms with Crippen LogP contribution in [-0.4, -0.2) is 24.2 Å². The Morgan fingerprint density at radius 2 is 1.76 bits per heavy atom. The Labute approximate surface area is 123 Å². The van der Waals surface area contributed by atoms with Crippen molar-refractivity contribution >= 4 is 11.6 Å². The maximum atomic E-state index is 11.6. The minimum Gasteiger partial charge on any atom is -0.508 e. The average molecular weight is 286 g/mol. The van der Waals surface area contributed by atoms with Crippen LogP contribution < -0.4 is 15.8 Å². The quantitative estimate of drug-likeness (QED) is 0.706. The van der Waals surface area contributed by atoms with Crippen molar-refractivity contribution in [2.75, 3.05) is 18.9 Å². The van der Waals surface area contributed by atoms with E-state index in [9.17, 15) is 9.90 Å². The molecular formula is C16H18N2O3. The molecule has 5 nitrogen and oxygen atoms in total. The van der Waals surface area contributed by atoms with Gasteiger partial charge in [-0.1, -0.05) is 12.1 Å². The summed E-state index contributed by atoms with van der Waals surface area (Å²) in [6, 6.07) is 13.8. The van der Waals surface area contributed by atoms with E-state index in [1.165, 1.54) is 0 Å². The number of aromatic hydroxyl groups is 1. The third-order valence-corrected chi connectivity index (χ3v) is 2.92. The van der Waals surface area contributed by atoms with Gasteiger partial charge in [0.15, 0.2) is 6.61 Å². The molecular weight excluding hydrogens is 268 g/mol. The second-order valence-corrected chi connectivity index (χ2v) is 4.62. The van der Waals surface area contributed by atoms with E-state index in [2.05, 4.69) is 5.32 Å². The van der Waals surface area contributed by atoms with E-state index < -0.39 is 0 Å². The summed E-state index contributed by atoms with van der Waals surface area (Å²) in [6.45, 7) is 0.494. The first kappa shape index (κ1) is 14.7. The lowest BCUT2D eigenvalue weighted by Crippen LogP contribution is -2.30. The van der Waals surface area contributed by atoms with Gasteiger partial charge in [0.25, 0.3) is 5.91 Å². The van der Waals surface area contributed by atoms with Crippen molar-refractivity contribution in [1.29, 1.82) is 0 Å². The molecule has 2 aromatic rings. The first-order chi connectivity index (χ1) is 10.1. The molecule has 0 spiro atoms. The number of carbonyl (C=O) groups is 1. The topological polar surface area (TPSA) is 84.6 Å². The molecule has 0 fully saturated rings. The molecule has 0 saturated heterocycles. The number of hydrogen-bond acceptors (Lipinski definition) is 4.